The maximum atomic E-state index is 5.86. The van der Waals surface area contributed by atoms with E-state index in [9.17, 15) is 0 Å². The first-order valence-corrected chi connectivity index (χ1v) is 9.12. The van der Waals surface area contributed by atoms with Gasteiger partial charge in [-0.25, -0.2) is 19.5 Å². The van der Waals surface area contributed by atoms with Gasteiger partial charge in [0.2, 0.25) is 5.95 Å². The fourth-order valence-corrected chi connectivity index (χ4v) is 3.10. The molecule has 3 aromatic heterocycles. The zero-order chi connectivity index (χ0) is 18.3. The molecule has 0 N–H and O–H groups in total. The lowest BCUT2D eigenvalue weighted by molar-refractivity contribution is 0.572. The normalized spacial score (nSPS) is 15.7. The van der Waals surface area contributed by atoms with Crippen LogP contribution in [0.3, 0.4) is 0 Å². The van der Waals surface area contributed by atoms with Crippen molar-refractivity contribution in [2.24, 2.45) is 0 Å². The molecule has 7 nitrogen and oxygen atoms in total. The SMILES string of the molecule is CC(C)(C)c1cn2nc(N3CCN(c4ncc(Cl)cn4)CC3)ccc2n1. The van der Waals surface area contributed by atoms with E-state index >= 15 is 0 Å². The number of imidazole rings is 1. The Kier molecular flexibility index (Phi) is 4.19. The van der Waals surface area contributed by atoms with Gasteiger partial charge in [0.05, 0.1) is 29.3 Å². The first kappa shape index (κ1) is 17.0. The fraction of sp³-hybridized carbons (Fsp3) is 0.444. The number of aromatic nitrogens is 5. The summed E-state index contributed by atoms with van der Waals surface area (Å²) in [4.78, 5) is 17.7. The molecule has 0 unspecified atom stereocenters. The largest absolute Gasteiger partial charge is 0.352 e. The van der Waals surface area contributed by atoms with Crippen molar-refractivity contribution >= 4 is 29.0 Å². The molecule has 26 heavy (non-hydrogen) atoms. The minimum atomic E-state index is 0.0120. The number of fused-ring (bicyclic) bond motifs is 1. The van der Waals surface area contributed by atoms with Crippen LogP contribution in [0, 0.1) is 0 Å². The van der Waals surface area contributed by atoms with E-state index in [2.05, 4.69) is 45.5 Å². The Hall–Kier alpha value is -2.41. The highest BCUT2D eigenvalue weighted by atomic mass is 35.5. The van der Waals surface area contributed by atoms with Crippen molar-refractivity contribution in [3.05, 3.63) is 41.4 Å². The van der Waals surface area contributed by atoms with Crippen molar-refractivity contribution in [2.45, 2.75) is 26.2 Å². The molecule has 1 aliphatic heterocycles. The summed E-state index contributed by atoms with van der Waals surface area (Å²) in [6.45, 7) is 9.91. The van der Waals surface area contributed by atoms with Gasteiger partial charge in [0.1, 0.15) is 5.82 Å². The first-order chi connectivity index (χ1) is 12.4. The number of halogens is 1. The highest BCUT2D eigenvalue weighted by molar-refractivity contribution is 6.30. The van der Waals surface area contributed by atoms with E-state index in [0.717, 1.165) is 49.3 Å². The van der Waals surface area contributed by atoms with Crippen LogP contribution in [0.15, 0.2) is 30.7 Å². The number of hydrogen-bond donors (Lipinski definition) is 0. The maximum absolute atomic E-state index is 5.86. The van der Waals surface area contributed by atoms with Gasteiger partial charge in [-0.05, 0) is 12.1 Å². The summed E-state index contributed by atoms with van der Waals surface area (Å²) in [5, 5.41) is 5.31. The van der Waals surface area contributed by atoms with Gasteiger partial charge in [-0.2, -0.15) is 0 Å². The van der Waals surface area contributed by atoms with E-state index in [1.165, 1.54) is 0 Å². The summed E-state index contributed by atoms with van der Waals surface area (Å²) in [6, 6.07) is 4.08. The molecule has 1 saturated heterocycles. The van der Waals surface area contributed by atoms with Gasteiger partial charge in [-0.3, -0.25) is 0 Å². The number of nitrogens with zero attached hydrogens (tertiary/aromatic N) is 7. The van der Waals surface area contributed by atoms with Crippen molar-refractivity contribution in [3.8, 4) is 0 Å². The van der Waals surface area contributed by atoms with E-state index in [4.69, 9.17) is 16.7 Å². The van der Waals surface area contributed by atoms with E-state index in [1.54, 1.807) is 12.4 Å². The molecule has 0 aliphatic carbocycles. The summed E-state index contributed by atoms with van der Waals surface area (Å²) in [5.41, 5.74) is 1.94. The number of anilines is 2. The Morgan fingerprint density at radius 2 is 1.62 bits per heavy atom. The van der Waals surface area contributed by atoms with Gasteiger partial charge in [-0.1, -0.05) is 32.4 Å². The highest BCUT2D eigenvalue weighted by Gasteiger charge is 2.22. The monoisotopic (exact) mass is 371 g/mol. The van der Waals surface area contributed by atoms with E-state index in [1.807, 2.05) is 22.8 Å². The lowest BCUT2D eigenvalue weighted by Gasteiger charge is -2.35. The highest BCUT2D eigenvalue weighted by Crippen LogP contribution is 2.23. The predicted octanol–water partition coefficient (Wildman–Crippen LogP) is 2.80. The molecule has 4 rings (SSSR count). The van der Waals surface area contributed by atoms with Gasteiger partial charge < -0.3 is 9.80 Å². The summed E-state index contributed by atoms with van der Waals surface area (Å²) >= 11 is 5.86. The molecule has 0 bridgehead atoms. The molecule has 0 saturated carbocycles. The Balaban J connectivity index is 1.49. The Morgan fingerprint density at radius 3 is 2.27 bits per heavy atom. The van der Waals surface area contributed by atoms with Crippen molar-refractivity contribution in [3.63, 3.8) is 0 Å². The number of piperazine rings is 1. The van der Waals surface area contributed by atoms with Crippen LogP contribution < -0.4 is 9.80 Å². The quantitative estimate of drug-likeness (QED) is 0.690. The van der Waals surface area contributed by atoms with E-state index < -0.39 is 0 Å². The molecular weight excluding hydrogens is 350 g/mol. The molecule has 0 radical (unpaired) electrons. The third kappa shape index (κ3) is 3.31. The second-order valence-corrected chi connectivity index (χ2v) is 7.98. The molecule has 1 fully saturated rings. The number of rotatable bonds is 2. The van der Waals surface area contributed by atoms with Crippen LogP contribution >= 0.6 is 11.6 Å². The predicted molar refractivity (Wildman–Crippen MR) is 103 cm³/mol. The standard InChI is InChI=1S/C18H22ClN7/c1-18(2,3)14-12-26-15(22-14)4-5-16(23-26)24-6-8-25(9-7-24)17-20-10-13(19)11-21-17/h4-5,10-12H,6-9H2,1-3H3. The molecule has 4 heterocycles. The first-order valence-electron chi connectivity index (χ1n) is 8.74. The molecule has 1 aliphatic rings. The summed E-state index contributed by atoms with van der Waals surface area (Å²) < 4.78 is 1.88. The van der Waals surface area contributed by atoms with Gasteiger partial charge in [0.15, 0.2) is 5.65 Å². The molecule has 0 amide bonds. The minimum absolute atomic E-state index is 0.0120. The zero-order valence-corrected chi connectivity index (χ0v) is 16.0. The summed E-state index contributed by atoms with van der Waals surface area (Å²) in [7, 11) is 0. The molecule has 0 spiro atoms. The van der Waals surface area contributed by atoms with Crippen LogP contribution in [-0.4, -0.2) is 50.7 Å². The Labute approximate surface area is 157 Å². The zero-order valence-electron chi connectivity index (χ0n) is 15.2. The fourth-order valence-electron chi connectivity index (χ4n) is 3.01. The summed E-state index contributed by atoms with van der Waals surface area (Å²) in [6.07, 6.45) is 5.30. The van der Waals surface area contributed by atoms with Crippen molar-refractivity contribution in [1.29, 1.82) is 0 Å². The molecular formula is C18H22ClN7. The van der Waals surface area contributed by atoms with E-state index in [0.29, 0.717) is 5.02 Å². The average molecular weight is 372 g/mol. The topological polar surface area (TPSA) is 62.5 Å². The summed E-state index contributed by atoms with van der Waals surface area (Å²) in [5.74, 6) is 1.69. The van der Waals surface area contributed by atoms with Crippen molar-refractivity contribution < 1.29 is 0 Å². The van der Waals surface area contributed by atoms with Crippen LogP contribution in [0.25, 0.3) is 5.65 Å². The second kappa shape index (κ2) is 6.39. The van der Waals surface area contributed by atoms with E-state index in [-0.39, 0.29) is 5.41 Å². The molecule has 3 aromatic rings. The van der Waals surface area contributed by atoms with Crippen molar-refractivity contribution in [2.75, 3.05) is 36.0 Å². The third-order valence-electron chi connectivity index (χ3n) is 4.57. The smallest absolute Gasteiger partial charge is 0.225 e. The maximum Gasteiger partial charge on any atom is 0.225 e. The van der Waals surface area contributed by atoms with Gasteiger partial charge in [-0.15, -0.1) is 5.10 Å². The average Bonchev–Trinajstić information content (AvgIpc) is 3.06. The Bertz CT molecular complexity index is 905. The molecule has 0 atom stereocenters. The van der Waals surface area contributed by atoms with Crippen LogP contribution in [0.2, 0.25) is 5.02 Å². The minimum Gasteiger partial charge on any atom is -0.352 e. The van der Waals surface area contributed by atoms with Gasteiger partial charge >= 0.3 is 0 Å². The third-order valence-corrected chi connectivity index (χ3v) is 4.76. The second-order valence-electron chi connectivity index (χ2n) is 7.55. The van der Waals surface area contributed by atoms with Crippen LogP contribution in [0.4, 0.5) is 11.8 Å². The molecule has 0 aromatic carbocycles. The molecule has 8 heteroatoms. The van der Waals surface area contributed by atoms with Crippen LogP contribution in [0.5, 0.6) is 0 Å². The lowest BCUT2D eigenvalue weighted by Crippen LogP contribution is -2.47. The number of hydrogen-bond acceptors (Lipinski definition) is 6. The lowest BCUT2D eigenvalue weighted by atomic mass is 9.93. The van der Waals surface area contributed by atoms with Gasteiger partial charge in [0, 0.05) is 31.6 Å². The Morgan fingerprint density at radius 1 is 0.962 bits per heavy atom. The molecule has 136 valence electrons. The van der Waals surface area contributed by atoms with Crippen LogP contribution in [0.1, 0.15) is 26.5 Å². The van der Waals surface area contributed by atoms with Gasteiger partial charge in [0.25, 0.3) is 0 Å². The van der Waals surface area contributed by atoms with Crippen LogP contribution in [-0.2, 0) is 5.41 Å². The van der Waals surface area contributed by atoms with Crippen molar-refractivity contribution in [1.82, 2.24) is 24.6 Å².